The Morgan fingerprint density at radius 1 is 1.20 bits per heavy atom. The minimum atomic E-state index is -0.357. The largest absolute Gasteiger partial charge is 0.497 e. The minimum Gasteiger partial charge on any atom is -0.497 e. The van der Waals surface area contributed by atoms with Crippen molar-refractivity contribution in [1.29, 1.82) is 0 Å². The number of hydrogen-bond acceptors (Lipinski definition) is 2. The highest BCUT2D eigenvalue weighted by Gasteiger charge is 2.24. The minimum absolute atomic E-state index is 0.239. The van der Waals surface area contributed by atoms with Gasteiger partial charge in [0.15, 0.2) is 0 Å². The first-order valence-corrected chi connectivity index (χ1v) is 6.15. The van der Waals surface area contributed by atoms with E-state index in [9.17, 15) is 9.18 Å². The number of hydrogen-bond donors (Lipinski definition) is 1. The molecule has 1 N–H and O–H groups in total. The zero-order chi connectivity index (χ0) is 14.1. The van der Waals surface area contributed by atoms with Gasteiger partial charge < -0.3 is 10.1 Å². The number of anilines is 1. The van der Waals surface area contributed by atoms with Gasteiger partial charge in [-0.25, -0.2) is 4.39 Å². The van der Waals surface area contributed by atoms with E-state index in [2.05, 4.69) is 5.32 Å². The summed E-state index contributed by atoms with van der Waals surface area (Å²) in [4.78, 5) is 12.0. The molecular formula is C16H12FNO2. The van der Waals surface area contributed by atoms with E-state index in [-0.39, 0.29) is 11.7 Å². The van der Waals surface area contributed by atoms with Gasteiger partial charge in [-0.1, -0.05) is 18.2 Å². The summed E-state index contributed by atoms with van der Waals surface area (Å²) in [7, 11) is 1.56. The van der Waals surface area contributed by atoms with Gasteiger partial charge in [-0.15, -0.1) is 0 Å². The number of fused-ring (bicyclic) bond motifs is 1. The van der Waals surface area contributed by atoms with Crippen LogP contribution in [0.15, 0.2) is 42.5 Å². The van der Waals surface area contributed by atoms with Crippen LogP contribution < -0.4 is 10.1 Å². The maximum atomic E-state index is 13.7. The van der Waals surface area contributed by atoms with Gasteiger partial charge >= 0.3 is 0 Å². The highest BCUT2D eigenvalue weighted by atomic mass is 19.1. The second-order valence-corrected chi connectivity index (χ2v) is 4.45. The second-order valence-electron chi connectivity index (χ2n) is 4.45. The SMILES string of the molecule is COc1ccc2c(c1)/C(=C\c1ccccc1F)C(=O)N2. The topological polar surface area (TPSA) is 38.3 Å². The Hall–Kier alpha value is -2.62. The normalized spacial score (nSPS) is 15.1. The van der Waals surface area contributed by atoms with Crippen LogP contribution in [0.3, 0.4) is 0 Å². The molecule has 0 aliphatic carbocycles. The fourth-order valence-electron chi connectivity index (χ4n) is 2.19. The van der Waals surface area contributed by atoms with E-state index in [1.807, 2.05) is 0 Å². The highest BCUT2D eigenvalue weighted by molar-refractivity contribution is 6.35. The lowest BCUT2D eigenvalue weighted by Gasteiger charge is -2.03. The Balaban J connectivity index is 2.12. The molecule has 1 aliphatic heterocycles. The van der Waals surface area contributed by atoms with Crippen molar-refractivity contribution in [2.45, 2.75) is 0 Å². The van der Waals surface area contributed by atoms with Crippen LogP contribution in [0.4, 0.5) is 10.1 Å². The van der Waals surface area contributed by atoms with Crippen LogP contribution in [0, 0.1) is 5.82 Å². The van der Waals surface area contributed by atoms with Gasteiger partial charge in [-0.2, -0.15) is 0 Å². The molecule has 0 atom stereocenters. The molecule has 100 valence electrons. The van der Waals surface area contributed by atoms with Crippen molar-refractivity contribution in [3.05, 3.63) is 59.4 Å². The molecule has 0 spiro atoms. The molecule has 2 aromatic carbocycles. The number of halogens is 1. The maximum absolute atomic E-state index is 13.7. The molecule has 1 amide bonds. The molecule has 0 radical (unpaired) electrons. The summed E-state index contributed by atoms with van der Waals surface area (Å²) < 4.78 is 18.8. The van der Waals surface area contributed by atoms with E-state index in [0.717, 1.165) is 5.56 Å². The molecule has 1 heterocycles. The van der Waals surface area contributed by atoms with Crippen molar-refractivity contribution >= 4 is 23.2 Å². The third-order valence-corrected chi connectivity index (χ3v) is 3.21. The smallest absolute Gasteiger partial charge is 0.256 e. The lowest BCUT2D eigenvalue weighted by molar-refractivity contribution is -0.110. The van der Waals surface area contributed by atoms with Gasteiger partial charge in [0, 0.05) is 22.4 Å². The quantitative estimate of drug-likeness (QED) is 0.849. The summed E-state index contributed by atoms with van der Waals surface area (Å²) >= 11 is 0. The number of ether oxygens (including phenoxy) is 1. The van der Waals surface area contributed by atoms with E-state index >= 15 is 0 Å². The lowest BCUT2D eigenvalue weighted by Crippen LogP contribution is -2.03. The van der Waals surface area contributed by atoms with Crippen molar-refractivity contribution in [3.63, 3.8) is 0 Å². The summed E-state index contributed by atoms with van der Waals surface area (Å²) in [5, 5.41) is 2.75. The van der Waals surface area contributed by atoms with Gasteiger partial charge in [0.1, 0.15) is 11.6 Å². The predicted molar refractivity (Wildman–Crippen MR) is 75.9 cm³/mol. The standard InChI is InChI=1S/C16H12FNO2/c1-20-11-6-7-15-12(9-11)13(16(19)18-15)8-10-4-2-3-5-14(10)17/h2-9H,1H3,(H,18,19)/b13-8+. The zero-order valence-electron chi connectivity index (χ0n) is 10.8. The number of amides is 1. The van der Waals surface area contributed by atoms with Crippen LogP contribution >= 0.6 is 0 Å². The first-order chi connectivity index (χ1) is 9.69. The number of rotatable bonds is 2. The molecule has 20 heavy (non-hydrogen) atoms. The molecule has 0 saturated carbocycles. The van der Waals surface area contributed by atoms with Crippen LogP contribution in [0.5, 0.6) is 5.75 Å². The van der Waals surface area contributed by atoms with Crippen molar-refractivity contribution in [3.8, 4) is 5.75 Å². The molecule has 0 unspecified atom stereocenters. The number of nitrogens with one attached hydrogen (secondary N) is 1. The van der Waals surface area contributed by atoms with E-state index < -0.39 is 0 Å². The summed E-state index contributed by atoms with van der Waals surface area (Å²) in [5.74, 6) is 0.0559. The number of methoxy groups -OCH3 is 1. The predicted octanol–water partition coefficient (Wildman–Crippen LogP) is 3.33. The van der Waals surface area contributed by atoms with Crippen LogP contribution in [0.25, 0.3) is 11.6 Å². The zero-order valence-corrected chi connectivity index (χ0v) is 10.8. The highest BCUT2D eigenvalue weighted by Crippen LogP contribution is 2.35. The van der Waals surface area contributed by atoms with E-state index in [0.29, 0.717) is 22.6 Å². The van der Waals surface area contributed by atoms with E-state index in [1.54, 1.807) is 49.6 Å². The Labute approximate surface area is 115 Å². The number of benzene rings is 2. The molecule has 3 rings (SSSR count). The molecule has 3 nitrogen and oxygen atoms in total. The van der Waals surface area contributed by atoms with Crippen LogP contribution in [0.1, 0.15) is 11.1 Å². The Kier molecular flexibility index (Phi) is 2.99. The third kappa shape index (κ3) is 2.05. The molecule has 0 aromatic heterocycles. The fourth-order valence-corrected chi connectivity index (χ4v) is 2.19. The van der Waals surface area contributed by atoms with Gasteiger partial charge in [-0.3, -0.25) is 4.79 Å². The summed E-state index contributed by atoms with van der Waals surface area (Å²) in [6, 6.07) is 11.6. The molecule has 2 aromatic rings. The van der Waals surface area contributed by atoms with Gasteiger partial charge in [0.2, 0.25) is 0 Å². The third-order valence-electron chi connectivity index (χ3n) is 3.21. The van der Waals surface area contributed by atoms with Gasteiger partial charge in [-0.05, 0) is 30.3 Å². The molecule has 0 saturated heterocycles. The number of carbonyl (C=O) groups excluding carboxylic acids is 1. The summed E-state index contributed by atoms with van der Waals surface area (Å²) in [5.41, 5.74) is 2.24. The Bertz CT molecular complexity index is 722. The van der Waals surface area contributed by atoms with E-state index in [1.165, 1.54) is 6.07 Å². The van der Waals surface area contributed by atoms with Crippen molar-refractivity contribution < 1.29 is 13.9 Å². The van der Waals surface area contributed by atoms with Gasteiger partial charge in [0.05, 0.1) is 7.11 Å². The monoisotopic (exact) mass is 269 g/mol. The summed E-state index contributed by atoms with van der Waals surface area (Å²) in [6.07, 6.45) is 1.55. The van der Waals surface area contributed by atoms with Crippen molar-refractivity contribution in [2.24, 2.45) is 0 Å². The molecule has 0 bridgehead atoms. The molecule has 1 aliphatic rings. The molecule has 0 fully saturated rings. The fraction of sp³-hybridized carbons (Fsp3) is 0.0625. The summed E-state index contributed by atoms with van der Waals surface area (Å²) in [6.45, 7) is 0. The van der Waals surface area contributed by atoms with Crippen LogP contribution in [0.2, 0.25) is 0 Å². The lowest BCUT2D eigenvalue weighted by atomic mass is 10.0. The van der Waals surface area contributed by atoms with Crippen LogP contribution in [-0.4, -0.2) is 13.0 Å². The first kappa shape index (κ1) is 12.4. The van der Waals surface area contributed by atoms with E-state index in [4.69, 9.17) is 4.74 Å². The van der Waals surface area contributed by atoms with Gasteiger partial charge in [0.25, 0.3) is 5.91 Å². The first-order valence-electron chi connectivity index (χ1n) is 6.15. The molecular weight excluding hydrogens is 257 g/mol. The second kappa shape index (κ2) is 4.81. The molecule has 4 heteroatoms. The number of carbonyl (C=O) groups is 1. The maximum Gasteiger partial charge on any atom is 0.256 e. The Morgan fingerprint density at radius 2 is 2.00 bits per heavy atom. The average Bonchev–Trinajstić information content (AvgIpc) is 2.77. The Morgan fingerprint density at radius 3 is 2.75 bits per heavy atom. The van der Waals surface area contributed by atoms with Crippen LogP contribution in [-0.2, 0) is 4.79 Å². The van der Waals surface area contributed by atoms with Crippen molar-refractivity contribution in [2.75, 3.05) is 12.4 Å². The van der Waals surface area contributed by atoms with Crippen molar-refractivity contribution in [1.82, 2.24) is 0 Å². The average molecular weight is 269 g/mol.